The third-order valence-corrected chi connectivity index (χ3v) is 4.92. The first-order valence-electron chi connectivity index (χ1n) is 7.08. The average molecular weight is 316 g/mol. The lowest BCUT2D eigenvalue weighted by Gasteiger charge is -2.32. The van der Waals surface area contributed by atoms with Gasteiger partial charge in [-0.1, -0.05) is 29.3 Å². The molecule has 0 aliphatic carbocycles. The van der Waals surface area contributed by atoms with E-state index in [2.05, 4.69) is 5.32 Å². The van der Waals surface area contributed by atoms with Crippen LogP contribution in [0.25, 0.3) is 0 Å². The molecule has 1 aromatic carbocycles. The summed E-state index contributed by atoms with van der Waals surface area (Å²) in [5.41, 5.74) is 0.891. The SMILES string of the molecule is Clc1cccc(Cl)c1COC1COC2(CCNCC2)C1. The Morgan fingerprint density at radius 1 is 1.25 bits per heavy atom. The number of halogens is 2. The molecule has 2 saturated heterocycles. The number of hydrogen-bond acceptors (Lipinski definition) is 3. The molecule has 1 spiro atoms. The molecule has 110 valence electrons. The molecule has 0 aromatic heterocycles. The van der Waals surface area contributed by atoms with Crippen LogP contribution < -0.4 is 5.32 Å². The summed E-state index contributed by atoms with van der Waals surface area (Å²) >= 11 is 12.3. The van der Waals surface area contributed by atoms with Crippen molar-refractivity contribution in [3.05, 3.63) is 33.8 Å². The van der Waals surface area contributed by atoms with Crippen LogP contribution in [-0.4, -0.2) is 31.4 Å². The molecule has 1 unspecified atom stereocenters. The molecular formula is C15H19Cl2NO2. The summed E-state index contributed by atoms with van der Waals surface area (Å²) in [6.07, 6.45) is 3.25. The van der Waals surface area contributed by atoms with Crippen molar-refractivity contribution in [1.82, 2.24) is 5.32 Å². The zero-order valence-electron chi connectivity index (χ0n) is 11.3. The van der Waals surface area contributed by atoms with Crippen molar-refractivity contribution in [1.29, 1.82) is 0 Å². The predicted molar refractivity (Wildman–Crippen MR) is 80.4 cm³/mol. The van der Waals surface area contributed by atoms with Crippen LogP contribution in [-0.2, 0) is 16.1 Å². The van der Waals surface area contributed by atoms with Crippen molar-refractivity contribution >= 4 is 23.2 Å². The summed E-state index contributed by atoms with van der Waals surface area (Å²) < 4.78 is 12.0. The van der Waals surface area contributed by atoms with Gasteiger partial charge in [0, 0.05) is 22.0 Å². The minimum absolute atomic E-state index is 0.0280. The topological polar surface area (TPSA) is 30.5 Å². The number of nitrogens with one attached hydrogen (secondary N) is 1. The maximum atomic E-state index is 6.15. The molecule has 5 heteroatoms. The van der Waals surface area contributed by atoms with E-state index in [9.17, 15) is 0 Å². The van der Waals surface area contributed by atoms with E-state index in [0.717, 1.165) is 37.9 Å². The smallest absolute Gasteiger partial charge is 0.0840 e. The van der Waals surface area contributed by atoms with Crippen molar-refractivity contribution in [3.63, 3.8) is 0 Å². The third-order valence-electron chi connectivity index (χ3n) is 4.21. The monoisotopic (exact) mass is 315 g/mol. The molecule has 3 nitrogen and oxygen atoms in total. The molecule has 0 saturated carbocycles. The van der Waals surface area contributed by atoms with Gasteiger partial charge in [-0.25, -0.2) is 0 Å². The Morgan fingerprint density at radius 3 is 2.65 bits per heavy atom. The Morgan fingerprint density at radius 2 is 1.95 bits per heavy atom. The first kappa shape index (κ1) is 14.6. The molecule has 2 heterocycles. The summed E-state index contributed by atoms with van der Waals surface area (Å²) in [4.78, 5) is 0. The van der Waals surface area contributed by atoms with Gasteiger partial charge in [-0.2, -0.15) is 0 Å². The lowest BCUT2D eigenvalue weighted by Crippen LogP contribution is -2.41. The maximum Gasteiger partial charge on any atom is 0.0840 e. The summed E-state index contributed by atoms with van der Waals surface area (Å²) in [7, 11) is 0. The second-order valence-electron chi connectivity index (χ2n) is 5.58. The molecule has 1 aromatic rings. The first-order chi connectivity index (χ1) is 9.69. The molecule has 0 radical (unpaired) electrons. The highest BCUT2D eigenvalue weighted by Crippen LogP contribution is 2.36. The number of ether oxygens (including phenoxy) is 2. The Balaban J connectivity index is 1.57. The minimum atomic E-state index is 0.0280. The fourth-order valence-electron chi connectivity index (χ4n) is 3.01. The van der Waals surface area contributed by atoms with Gasteiger partial charge in [0.1, 0.15) is 0 Å². The third kappa shape index (κ3) is 3.12. The number of rotatable bonds is 3. The molecular weight excluding hydrogens is 297 g/mol. The Labute approximate surface area is 129 Å². The van der Waals surface area contributed by atoms with E-state index in [1.807, 2.05) is 18.2 Å². The number of hydrogen-bond donors (Lipinski definition) is 1. The van der Waals surface area contributed by atoms with Gasteiger partial charge in [-0.3, -0.25) is 0 Å². The predicted octanol–water partition coefficient (Wildman–Crippen LogP) is 3.42. The van der Waals surface area contributed by atoms with Crippen LogP contribution in [0.2, 0.25) is 10.0 Å². The van der Waals surface area contributed by atoms with Gasteiger partial charge < -0.3 is 14.8 Å². The van der Waals surface area contributed by atoms with Gasteiger partial charge in [0.15, 0.2) is 0 Å². The quantitative estimate of drug-likeness (QED) is 0.927. The molecule has 0 amide bonds. The molecule has 1 atom stereocenters. The highest BCUT2D eigenvalue weighted by Gasteiger charge is 2.41. The van der Waals surface area contributed by atoms with Crippen LogP contribution in [0.15, 0.2) is 18.2 Å². The van der Waals surface area contributed by atoms with E-state index < -0.39 is 0 Å². The van der Waals surface area contributed by atoms with Crippen LogP contribution in [0, 0.1) is 0 Å². The summed E-state index contributed by atoms with van der Waals surface area (Å²) in [6, 6.07) is 5.52. The zero-order chi connectivity index (χ0) is 14.0. The van der Waals surface area contributed by atoms with Crippen molar-refractivity contribution in [3.8, 4) is 0 Å². The van der Waals surface area contributed by atoms with Gasteiger partial charge in [-0.05, 0) is 38.1 Å². The van der Waals surface area contributed by atoms with Crippen molar-refractivity contribution in [2.24, 2.45) is 0 Å². The molecule has 2 fully saturated rings. The zero-order valence-corrected chi connectivity index (χ0v) is 12.8. The molecule has 0 bridgehead atoms. The minimum Gasteiger partial charge on any atom is -0.372 e. The first-order valence-corrected chi connectivity index (χ1v) is 7.83. The average Bonchev–Trinajstić information content (AvgIpc) is 2.82. The highest BCUT2D eigenvalue weighted by molar-refractivity contribution is 6.35. The maximum absolute atomic E-state index is 6.15. The van der Waals surface area contributed by atoms with E-state index in [1.54, 1.807) is 0 Å². The molecule has 3 rings (SSSR count). The Hall–Kier alpha value is -0.320. The second-order valence-corrected chi connectivity index (χ2v) is 6.40. The largest absolute Gasteiger partial charge is 0.372 e. The van der Waals surface area contributed by atoms with E-state index >= 15 is 0 Å². The standard InChI is InChI=1S/C15H19Cl2NO2/c16-13-2-1-3-14(17)12(13)10-19-11-8-15(20-9-11)4-6-18-7-5-15/h1-3,11,18H,4-10H2. The Kier molecular flexibility index (Phi) is 4.53. The van der Waals surface area contributed by atoms with Crippen LogP contribution in [0.1, 0.15) is 24.8 Å². The van der Waals surface area contributed by atoms with Crippen molar-refractivity contribution < 1.29 is 9.47 Å². The lowest BCUT2D eigenvalue weighted by atomic mass is 9.89. The fourth-order valence-corrected chi connectivity index (χ4v) is 3.52. The van der Waals surface area contributed by atoms with Crippen LogP contribution in [0.5, 0.6) is 0 Å². The molecule has 20 heavy (non-hydrogen) atoms. The van der Waals surface area contributed by atoms with E-state index in [1.165, 1.54) is 0 Å². The van der Waals surface area contributed by atoms with Gasteiger partial charge in [0.05, 0.1) is 24.9 Å². The van der Waals surface area contributed by atoms with Crippen LogP contribution in [0.4, 0.5) is 0 Å². The number of benzene rings is 1. The number of piperidine rings is 1. The normalized spacial score (nSPS) is 25.2. The summed E-state index contributed by atoms with van der Waals surface area (Å²) in [6.45, 7) is 3.18. The van der Waals surface area contributed by atoms with Gasteiger partial charge in [0.25, 0.3) is 0 Å². The van der Waals surface area contributed by atoms with E-state index in [-0.39, 0.29) is 11.7 Å². The van der Waals surface area contributed by atoms with Gasteiger partial charge >= 0.3 is 0 Å². The fraction of sp³-hybridized carbons (Fsp3) is 0.600. The van der Waals surface area contributed by atoms with Crippen LogP contribution in [0.3, 0.4) is 0 Å². The van der Waals surface area contributed by atoms with E-state index in [0.29, 0.717) is 23.3 Å². The van der Waals surface area contributed by atoms with Gasteiger partial charge in [0.2, 0.25) is 0 Å². The van der Waals surface area contributed by atoms with Gasteiger partial charge in [-0.15, -0.1) is 0 Å². The van der Waals surface area contributed by atoms with Crippen LogP contribution >= 0.6 is 23.2 Å². The highest BCUT2D eigenvalue weighted by atomic mass is 35.5. The summed E-state index contributed by atoms with van der Waals surface area (Å²) in [5, 5.41) is 4.69. The molecule has 2 aliphatic rings. The van der Waals surface area contributed by atoms with Crippen molar-refractivity contribution in [2.75, 3.05) is 19.7 Å². The second kappa shape index (κ2) is 6.20. The Bertz CT molecular complexity index is 455. The van der Waals surface area contributed by atoms with Crippen molar-refractivity contribution in [2.45, 2.75) is 37.6 Å². The molecule has 2 aliphatic heterocycles. The lowest BCUT2D eigenvalue weighted by molar-refractivity contribution is -0.0240. The summed E-state index contributed by atoms with van der Waals surface area (Å²) in [5.74, 6) is 0. The molecule has 1 N–H and O–H groups in total. The van der Waals surface area contributed by atoms with E-state index in [4.69, 9.17) is 32.7 Å².